The molecule has 4 rings (SSSR count). The van der Waals surface area contributed by atoms with E-state index in [1.807, 2.05) is 17.0 Å². The molecule has 126 valence electrons. The highest BCUT2D eigenvalue weighted by atomic mass is 32.1. The van der Waals surface area contributed by atoms with Crippen molar-refractivity contribution in [1.82, 2.24) is 14.9 Å². The largest absolute Gasteiger partial charge is 0.373 e. The molecule has 0 bridgehead atoms. The summed E-state index contributed by atoms with van der Waals surface area (Å²) in [6.45, 7) is 1.78. The summed E-state index contributed by atoms with van der Waals surface area (Å²) in [4.78, 5) is 22.8. The lowest BCUT2D eigenvalue weighted by Gasteiger charge is -2.31. The number of fused-ring (bicyclic) bond motifs is 1. The number of rotatable bonds is 4. The molecule has 2 saturated heterocycles. The summed E-state index contributed by atoms with van der Waals surface area (Å²) < 4.78 is 12.0. The highest BCUT2D eigenvalue weighted by Crippen LogP contribution is 2.32. The first kappa shape index (κ1) is 15.7. The fourth-order valence-corrected chi connectivity index (χ4v) is 3.96. The summed E-state index contributed by atoms with van der Waals surface area (Å²) in [5, 5.41) is 1.80. The van der Waals surface area contributed by atoms with Gasteiger partial charge in [-0.25, -0.2) is 4.98 Å². The van der Waals surface area contributed by atoms with E-state index in [1.165, 1.54) is 11.3 Å². The number of nitrogens with zero attached hydrogens (tertiary/aromatic N) is 3. The Balaban J connectivity index is 1.48. The molecule has 0 aliphatic carbocycles. The Morgan fingerprint density at radius 2 is 2.29 bits per heavy atom. The van der Waals surface area contributed by atoms with Crippen molar-refractivity contribution in [3.05, 3.63) is 46.7 Å². The molecule has 0 aromatic carbocycles. The molecule has 4 heterocycles. The minimum Gasteiger partial charge on any atom is -0.373 e. The van der Waals surface area contributed by atoms with Crippen LogP contribution in [-0.4, -0.2) is 52.2 Å². The third-order valence-corrected chi connectivity index (χ3v) is 5.19. The number of hydrogen-bond acceptors (Lipinski definition) is 6. The van der Waals surface area contributed by atoms with E-state index >= 15 is 0 Å². The van der Waals surface area contributed by atoms with Gasteiger partial charge in [0.25, 0.3) is 5.91 Å². The maximum absolute atomic E-state index is 12.7. The van der Waals surface area contributed by atoms with Gasteiger partial charge in [0, 0.05) is 24.4 Å². The number of amides is 1. The first-order chi connectivity index (χ1) is 11.8. The highest BCUT2D eigenvalue weighted by molar-refractivity contribution is 7.07. The quantitative estimate of drug-likeness (QED) is 0.849. The zero-order valence-corrected chi connectivity index (χ0v) is 14.0. The van der Waals surface area contributed by atoms with Crippen molar-refractivity contribution in [1.29, 1.82) is 0 Å². The van der Waals surface area contributed by atoms with E-state index in [4.69, 9.17) is 9.47 Å². The Kier molecular flexibility index (Phi) is 4.55. The van der Waals surface area contributed by atoms with Crippen molar-refractivity contribution in [2.24, 2.45) is 0 Å². The van der Waals surface area contributed by atoms with Crippen LogP contribution in [0.5, 0.6) is 0 Å². The molecule has 3 atom stereocenters. The first-order valence-electron chi connectivity index (χ1n) is 8.14. The van der Waals surface area contributed by atoms with Gasteiger partial charge in [0.15, 0.2) is 0 Å². The third-order valence-electron chi connectivity index (χ3n) is 4.60. The number of carbonyl (C=O) groups excluding carboxylic acids is 1. The molecule has 0 spiro atoms. The van der Waals surface area contributed by atoms with Crippen LogP contribution in [0.1, 0.15) is 28.9 Å². The van der Waals surface area contributed by atoms with Crippen molar-refractivity contribution in [2.45, 2.75) is 37.7 Å². The lowest BCUT2D eigenvalue weighted by molar-refractivity contribution is -0.0809. The minimum absolute atomic E-state index is 0.0215. The van der Waals surface area contributed by atoms with E-state index in [-0.39, 0.29) is 24.2 Å². The lowest BCUT2D eigenvalue weighted by Crippen LogP contribution is -2.44. The molecule has 0 saturated carbocycles. The molecule has 1 amide bonds. The summed E-state index contributed by atoms with van der Waals surface area (Å²) in [5.74, 6) is -0.0215. The zero-order chi connectivity index (χ0) is 16.4. The van der Waals surface area contributed by atoms with Crippen LogP contribution < -0.4 is 0 Å². The van der Waals surface area contributed by atoms with Crippen molar-refractivity contribution >= 4 is 17.2 Å². The van der Waals surface area contributed by atoms with Crippen LogP contribution in [0, 0.1) is 0 Å². The summed E-state index contributed by atoms with van der Waals surface area (Å²) in [6.07, 6.45) is 5.28. The number of aromatic nitrogens is 2. The van der Waals surface area contributed by atoms with E-state index in [2.05, 4.69) is 9.97 Å². The predicted molar refractivity (Wildman–Crippen MR) is 88.7 cm³/mol. The summed E-state index contributed by atoms with van der Waals surface area (Å²) in [5.41, 5.74) is 3.27. The minimum atomic E-state index is -0.106. The molecule has 24 heavy (non-hydrogen) atoms. The van der Waals surface area contributed by atoms with Gasteiger partial charge in [0.05, 0.1) is 24.7 Å². The van der Waals surface area contributed by atoms with E-state index in [9.17, 15) is 4.79 Å². The number of pyridine rings is 1. The fourth-order valence-electron chi connectivity index (χ4n) is 3.44. The smallest absolute Gasteiger partial charge is 0.273 e. The number of thiazole rings is 1. The second-order valence-electron chi connectivity index (χ2n) is 6.08. The molecule has 6 nitrogen and oxygen atoms in total. The molecule has 2 aromatic heterocycles. The Hall–Kier alpha value is -1.83. The van der Waals surface area contributed by atoms with Gasteiger partial charge in [0.1, 0.15) is 17.9 Å². The van der Waals surface area contributed by atoms with Crippen molar-refractivity contribution in [3.63, 3.8) is 0 Å². The van der Waals surface area contributed by atoms with Crippen molar-refractivity contribution in [2.75, 3.05) is 13.2 Å². The van der Waals surface area contributed by atoms with Crippen LogP contribution in [0.3, 0.4) is 0 Å². The van der Waals surface area contributed by atoms with E-state index in [1.54, 1.807) is 23.3 Å². The number of likely N-dealkylation sites (tertiary alicyclic amines) is 1. The lowest BCUT2D eigenvalue weighted by atomic mass is 10.0. The van der Waals surface area contributed by atoms with Gasteiger partial charge < -0.3 is 14.4 Å². The average molecular weight is 345 g/mol. The molecule has 7 heteroatoms. The highest BCUT2D eigenvalue weighted by Gasteiger charge is 2.47. The van der Waals surface area contributed by atoms with Crippen LogP contribution >= 0.6 is 11.3 Å². The molecular weight excluding hydrogens is 326 g/mol. The average Bonchev–Trinajstić information content (AvgIpc) is 3.29. The standard InChI is InChI=1S/C17H19N3O3S/c21-17(13-10-24-11-19-13)20-8-15(16-14(20)2-1-7-22-16)23-9-12-3-5-18-6-4-12/h3-6,10-11,14-16H,1-2,7-9H2/t14-,15+,16+/m0/s1. The summed E-state index contributed by atoms with van der Waals surface area (Å²) >= 11 is 1.44. The maximum Gasteiger partial charge on any atom is 0.273 e. The predicted octanol–water partition coefficient (Wildman–Crippen LogP) is 2.13. The molecule has 2 aliphatic heterocycles. The monoisotopic (exact) mass is 345 g/mol. The fraction of sp³-hybridized carbons (Fsp3) is 0.471. The molecule has 0 radical (unpaired) electrons. The van der Waals surface area contributed by atoms with Crippen molar-refractivity contribution < 1.29 is 14.3 Å². The van der Waals surface area contributed by atoms with Crippen LogP contribution in [0.15, 0.2) is 35.4 Å². The Morgan fingerprint density at radius 1 is 1.42 bits per heavy atom. The van der Waals surface area contributed by atoms with E-state index in [0.717, 1.165) is 25.0 Å². The molecule has 2 aromatic rings. The Labute approximate surface area is 144 Å². The summed E-state index contributed by atoms with van der Waals surface area (Å²) in [7, 11) is 0. The zero-order valence-electron chi connectivity index (χ0n) is 13.2. The molecule has 2 aliphatic rings. The number of ether oxygens (including phenoxy) is 2. The SMILES string of the molecule is O=C(c1cscn1)N1C[C@@H](OCc2ccncc2)[C@@H]2OCCC[C@@H]21. The Morgan fingerprint density at radius 3 is 3.08 bits per heavy atom. The molecule has 2 fully saturated rings. The van der Waals surface area contributed by atoms with Crippen LogP contribution in [0.4, 0.5) is 0 Å². The molecule has 0 unspecified atom stereocenters. The maximum atomic E-state index is 12.7. The van der Waals surface area contributed by atoms with Gasteiger partial charge in [-0.1, -0.05) is 0 Å². The molecular formula is C17H19N3O3S. The van der Waals surface area contributed by atoms with Gasteiger partial charge in [-0.2, -0.15) is 0 Å². The van der Waals surface area contributed by atoms with Crippen LogP contribution in [0.2, 0.25) is 0 Å². The second kappa shape index (κ2) is 6.96. The topological polar surface area (TPSA) is 64.6 Å². The van der Waals surface area contributed by atoms with Gasteiger partial charge in [-0.05, 0) is 30.5 Å². The van der Waals surface area contributed by atoms with Gasteiger partial charge in [-0.3, -0.25) is 9.78 Å². The van der Waals surface area contributed by atoms with E-state index < -0.39 is 0 Å². The number of carbonyl (C=O) groups is 1. The van der Waals surface area contributed by atoms with Crippen LogP contribution in [-0.2, 0) is 16.1 Å². The second-order valence-corrected chi connectivity index (χ2v) is 6.80. The van der Waals surface area contributed by atoms with Gasteiger partial charge >= 0.3 is 0 Å². The number of hydrogen-bond donors (Lipinski definition) is 0. The Bertz CT molecular complexity index is 680. The summed E-state index contributed by atoms with van der Waals surface area (Å²) in [6, 6.07) is 3.95. The van der Waals surface area contributed by atoms with Crippen molar-refractivity contribution in [3.8, 4) is 0 Å². The first-order valence-corrected chi connectivity index (χ1v) is 9.08. The van der Waals surface area contributed by atoms with E-state index in [0.29, 0.717) is 18.8 Å². The van der Waals surface area contributed by atoms with Crippen LogP contribution in [0.25, 0.3) is 0 Å². The van der Waals surface area contributed by atoms with Gasteiger partial charge in [-0.15, -0.1) is 11.3 Å². The normalized spacial score (nSPS) is 26.3. The molecule has 0 N–H and O–H groups in total. The van der Waals surface area contributed by atoms with Gasteiger partial charge in [0.2, 0.25) is 0 Å². The third kappa shape index (κ3) is 3.07.